The summed E-state index contributed by atoms with van der Waals surface area (Å²) in [5.74, 6) is 1.20. The third kappa shape index (κ3) is 5.64. The van der Waals surface area contributed by atoms with E-state index >= 15 is 0 Å². The van der Waals surface area contributed by atoms with Gasteiger partial charge < -0.3 is 10.1 Å². The molecule has 0 fully saturated rings. The fourth-order valence-electron chi connectivity index (χ4n) is 1.56. The predicted molar refractivity (Wildman–Crippen MR) is 83.0 cm³/mol. The topological polar surface area (TPSA) is 38.3 Å². The Kier molecular flexibility index (Phi) is 5.85. The van der Waals surface area contributed by atoms with E-state index in [2.05, 4.69) is 42.0 Å². The number of rotatable bonds is 5. The number of ether oxygens (including phenoxy) is 1. The van der Waals surface area contributed by atoms with Crippen LogP contribution in [0.1, 0.15) is 27.7 Å². The number of carbonyl (C=O) groups is 1. The van der Waals surface area contributed by atoms with Crippen LogP contribution < -0.4 is 10.1 Å². The smallest absolute Gasteiger partial charge is 0.221 e. The number of hydrogen-bond acceptors (Lipinski definition) is 2. The molecule has 3 nitrogen and oxygen atoms in total. The molecule has 0 radical (unpaired) electrons. The fraction of sp³-hybridized carbons (Fsp3) is 0.533. The van der Waals surface area contributed by atoms with E-state index in [1.807, 2.05) is 24.3 Å². The molecule has 0 aliphatic rings. The van der Waals surface area contributed by atoms with Gasteiger partial charge in [0.25, 0.3) is 0 Å². The Morgan fingerprint density at radius 2 is 1.89 bits per heavy atom. The van der Waals surface area contributed by atoms with Crippen LogP contribution in [0.2, 0.25) is 0 Å². The van der Waals surface area contributed by atoms with Gasteiger partial charge in [-0.05, 0) is 29.7 Å². The number of alkyl halides is 1. The SMILES string of the molecule is CC(=O)Nc1ccc(OCC(CBr)C(C)(C)C)cc1. The predicted octanol–water partition coefficient (Wildman–Crippen LogP) is 4.08. The molecule has 0 bridgehead atoms. The van der Waals surface area contributed by atoms with Crippen LogP contribution in [0.15, 0.2) is 24.3 Å². The number of hydrogen-bond donors (Lipinski definition) is 1. The van der Waals surface area contributed by atoms with Crippen molar-refractivity contribution in [1.29, 1.82) is 0 Å². The first-order valence-corrected chi connectivity index (χ1v) is 7.51. The second kappa shape index (κ2) is 6.94. The monoisotopic (exact) mass is 327 g/mol. The maximum atomic E-state index is 10.9. The molecule has 1 aromatic carbocycles. The first kappa shape index (κ1) is 16.0. The van der Waals surface area contributed by atoms with Crippen LogP contribution >= 0.6 is 15.9 Å². The molecule has 1 atom stereocenters. The summed E-state index contributed by atoms with van der Waals surface area (Å²) in [5, 5.41) is 3.65. The van der Waals surface area contributed by atoms with Crippen LogP contribution in [0.5, 0.6) is 5.75 Å². The number of anilines is 1. The first-order chi connectivity index (χ1) is 8.82. The van der Waals surface area contributed by atoms with Gasteiger partial charge in [0, 0.05) is 23.9 Å². The van der Waals surface area contributed by atoms with Crippen molar-refractivity contribution in [2.24, 2.45) is 11.3 Å². The number of amides is 1. The summed E-state index contributed by atoms with van der Waals surface area (Å²) < 4.78 is 5.80. The van der Waals surface area contributed by atoms with Crippen LogP contribution in [0.3, 0.4) is 0 Å². The Labute approximate surface area is 123 Å². The van der Waals surface area contributed by atoms with E-state index in [-0.39, 0.29) is 11.3 Å². The summed E-state index contributed by atoms with van der Waals surface area (Å²) in [4.78, 5) is 10.9. The van der Waals surface area contributed by atoms with E-state index in [1.54, 1.807) is 0 Å². The van der Waals surface area contributed by atoms with Gasteiger partial charge in [-0.1, -0.05) is 36.7 Å². The molecular formula is C15H22BrNO2. The number of halogens is 1. The molecule has 4 heteroatoms. The molecule has 0 aliphatic carbocycles. The van der Waals surface area contributed by atoms with Crippen molar-refractivity contribution in [2.75, 3.05) is 17.3 Å². The van der Waals surface area contributed by atoms with Crippen LogP contribution in [0, 0.1) is 11.3 Å². The van der Waals surface area contributed by atoms with Gasteiger partial charge in [-0.15, -0.1) is 0 Å². The van der Waals surface area contributed by atoms with E-state index in [1.165, 1.54) is 6.92 Å². The summed E-state index contributed by atoms with van der Waals surface area (Å²) in [7, 11) is 0. The van der Waals surface area contributed by atoms with E-state index in [0.717, 1.165) is 16.8 Å². The molecule has 1 unspecified atom stereocenters. The molecule has 0 heterocycles. The Bertz CT molecular complexity index is 409. The highest BCUT2D eigenvalue weighted by Crippen LogP contribution is 2.28. The molecule has 1 amide bonds. The molecule has 19 heavy (non-hydrogen) atoms. The average Bonchev–Trinajstić information content (AvgIpc) is 2.29. The summed E-state index contributed by atoms with van der Waals surface area (Å²) in [6.45, 7) is 8.80. The van der Waals surface area contributed by atoms with Crippen LogP contribution in [0.25, 0.3) is 0 Å². The lowest BCUT2D eigenvalue weighted by molar-refractivity contribution is -0.114. The van der Waals surface area contributed by atoms with E-state index in [4.69, 9.17) is 4.74 Å². The second-order valence-corrected chi connectivity index (χ2v) is 6.38. The summed E-state index contributed by atoms with van der Waals surface area (Å²) in [6.07, 6.45) is 0. The van der Waals surface area contributed by atoms with E-state index < -0.39 is 0 Å². The Hall–Kier alpha value is -1.03. The van der Waals surface area contributed by atoms with Gasteiger partial charge in [-0.2, -0.15) is 0 Å². The van der Waals surface area contributed by atoms with E-state index in [0.29, 0.717) is 12.5 Å². The Morgan fingerprint density at radius 1 is 1.32 bits per heavy atom. The number of carbonyl (C=O) groups excluding carboxylic acids is 1. The zero-order valence-electron chi connectivity index (χ0n) is 12.0. The second-order valence-electron chi connectivity index (χ2n) is 5.73. The van der Waals surface area contributed by atoms with Gasteiger partial charge in [0.2, 0.25) is 5.91 Å². The third-order valence-electron chi connectivity index (χ3n) is 3.04. The first-order valence-electron chi connectivity index (χ1n) is 6.39. The quantitative estimate of drug-likeness (QED) is 0.827. The zero-order valence-corrected chi connectivity index (χ0v) is 13.6. The normalized spacial score (nSPS) is 12.9. The lowest BCUT2D eigenvalue weighted by atomic mass is 9.83. The van der Waals surface area contributed by atoms with Gasteiger partial charge in [-0.25, -0.2) is 0 Å². The number of nitrogens with one attached hydrogen (secondary N) is 1. The van der Waals surface area contributed by atoms with Gasteiger partial charge in [-0.3, -0.25) is 4.79 Å². The Morgan fingerprint density at radius 3 is 2.32 bits per heavy atom. The minimum atomic E-state index is -0.0687. The average molecular weight is 328 g/mol. The van der Waals surface area contributed by atoms with Gasteiger partial charge in [0.05, 0.1) is 6.61 Å². The molecule has 0 saturated carbocycles. The standard InChI is InChI=1S/C15H22BrNO2/c1-11(18)17-13-5-7-14(8-6-13)19-10-12(9-16)15(2,3)4/h5-8,12H,9-10H2,1-4H3,(H,17,18). The molecule has 106 valence electrons. The van der Waals surface area contributed by atoms with E-state index in [9.17, 15) is 4.79 Å². The van der Waals surface area contributed by atoms with Crippen LogP contribution in [0.4, 0.5) is 5.69 Å². The lowest BCUT2D eigenvalue weighted by Gasteiger charge is -2.29. The van der Waals surface area contributed by atoms with Crippen molar-refractivity contribution in [3.8, 4) is 5.75 Å². The summed E-state index contributed by atoms with van der Waals surface area (Å²) in [6, 6.07) is 7.44. The van der Waals surface area contributed by atoms with Crippen molar-refractivity contribution in [1.82, 2.24) is 0 Å². The van der Waals surface area contributed by atoms with Crippen LogP contribution in [-0.4, -0.2) is 17.8 Å². The molecular weight excluding hydrogens is 306 g/mol. The molecule has 1 rings (SSSR count). The maximum absolute atomic E-state index is 10.9. The third-order valence-corrected chi connectivity index (χ3v) is 3.82. The number of benzene rings is 1. The highest BCUT2D eigenvalue weighted by Gasteiger charge is 2.24. The van der Waals surface area contributed by atoms with Crippen molar-refractivity contribution in [2.45, 2.75) is 27.7 Å². The van der Waals surface area contributed by atoms with Gasteiger partial charge >= 0.3 is 0 Å². The lowest BCUT2D eigenvalue weighted by Crippen LogP contribution is -2.27. The van der Waals surface area contributed by atoms with Gasteiger partial charge in [0.1, 0.15) is 5.75 Å². The van der Waals surface area contributed by atoms with Crippen molar-refractivity contribution in [3.05, 3.63) is 24.3 Å². The molecule has 0 aliphatic heterocycles. The highest BCUT2D eigenvalue weighted by molar-refractivity contribution is 9.09. The maximum Gasteiger partial charge on any atom is 0.221 e. The molecule has 0 saturated heterocycles. The Balaban J connectivity index is 2.56. The molecule has 0 spiro atoms. The zero-order chi connectivity index (χ0) is 14.5. The minimum Gasteiger partial charge on any atom is -0.493 e. The molecule has 1 N–H and O–H groups in total. The van der Waals surface area contributed by atoms with Crippen molar-refractivity contribution >= 4 is 27.5 Å². The van der Waals surface area contributed by atoms with Crippen molar-refractivity contribution in [3.63, 3.8) is 0 Å². The minimum absolute atomic E-state index is 0.0687. The largest absolute Gasteiger partial charge is 0.493 e. The van der Waals surface area contributed by atoms with Crippen LogP contribution in [-0.2, 0) is 4.79 Å². The fourth-order valence-corrected chi connectivity index (χ4v) is 2.72. The highest BCUT2D eigenvalue weighted by atomic mass is 79.9. The molecule has 1 aromatic rings. The molecule has 0 aromatic heterocycles. The summed E-state index contributed by atoms with van der Waals surface area (Å²) >= 11 is 3.54. The van der Waals surface area contributed by atoms with Gasteiger partial charge in [0.15, 0.2) is 0 Å². The van der Waals surface area contributed by atoms with Crippen molar-refractivity contribution < 1.29 is 9.53 Å². The summed E-state index contributed by atoms with van der Waals surface area (Å²) in [5.41, 5.74) is 0.993.